The summed E-state index contributed by atoms with van der Waals surface area (Å²) in [6.45, 7) is 4.57. The van der Waals surface area contributed by atoms with Gasteiger partial charge in [-0.2, -0.15) is 5.26 Å². The van der Waals surface area contributed by atoms with E-state index in [9.17, 15) is 5.26 Å². The van der Waals surface area contributed by atoms with Crippen LogP contribution in [0, 0.1) is 34.5 Å². The molecule has 0 radical (unpaired) electrons. The van der Waals surface area contributed by atoms with E-state index in [-0.39, 0.29) is 5.41 Å². The number of rotatable bonds is 10. The number of nitrogens with zero attached hydrogens (tertiary/aromatic N) is 1. The zero-order valence-electron chi connectivity index (χ0n) is 17.2. The maximum atomic E-state index is 9.74. The lowest BCUT2D eigenvalue weighted by atomic mass is 9.63. The van der Waals surface area contributed by atoms with E-state index >= 15 is 0 Å². The second-order valence-corrected chi connectivity index (χ2v) is 9.32. The molecule has 0 N–H and O–H groups in total. The van der Waals surface area contributed by atoms with Crippen molar-refractivity contribution in [3.8, 4) is 6.07 Å². The van der Waals surface area contributed by atoms with Crippen molar-refractivity contribution < 1.29 is 0 Å². The lowest BCUT2D eigenvalue weighted by Crippen LogP contribution is -2.31. The third-order valence-electron chi connectivity index (χ3n) is 7.51. The van der Waals surface area contributed by atoms with Crippen LogP contribution in [0.2, 0.25) is 0 Å². The predicted octanol–water partition coefficient (Wildman–Crippen LogP) is 8.04. The first-order valence-electron chi connectivity index (χ1n) is 11.6. The second kappa shape index (κ2) is 11.3. The van der Waals surface area contributed by atoms with E-state index in [4.69, 9.17) is 0 Å². The van der Waals surface area contributed by atoms with Gasteiger partial charge in [-0.05, 0) is 62.7 Å². The van der Waals surface area contributed by atoms with Crippen molar-refractivity contribution in [3.63, 3.8) is 0 Å². The Morgan fingerprint density at radius 2 is 1.36 bits per heavy atom. The second-order valence-electron chi connectivity index (χ2n) is 9.32. The van der Waals surface area contributed by atoms with Gasteiger partial charge >= 0.3 is 0 Å². The SMILES string of the molecule is CCCCCCC1CCC([C@H]2CC[C@](C#N)(CCCCC)CC2)CC1. The molecule has 1 nitrogen and oxygen atoms in total. The van der Waals surface area contributed by atoms with Gasteiger partial charge in [0.1, 0.15) is 0 Å². The molecule has 0 aromatic rings. The van der Waals surface area contributed by atoms with E-state index in [1.807, 2.05) is 0 Å². The molecular weight excluding hydrogens is 302 g/mol. The maximum Gasteiger partial charge on any atom is 0.0689 e. The van der Waals surface area contributed by atoms with Gasteiger partial charge in [0.25, 0.3) is 0 Å². The first-order chi connectivity index (χ1) is 12.2. The van der Waals surface area contributed by atoms with Crippen LogP contribution >= 0.6 is 0 Å². The van der Waals surface area contributed by atoms with E-state index < -0.39 is 0 Å². The van der Waals surface area contributed by atoms with Gasteiger partial charge in [0.2, 0.25) is 0 Å². The molecule has 2 aliphatic carbocycles. The topological polar surface area (TPSA) is 23.8 Å². The lowest BCUT2D eigenvalue weighted by molar-refractivity contribution is 0.114. The molecule has 0 atom stereocenters. The Morgan fingerprint density at radius 3 is 1.96 bits per heavy atom. The molecule has 0 spiro atoms. The summed E-state index contributed by atoms with van der Waals surface area (Å²) in [4.78, 5) is 0. The minimum Gasteiger partial charge on any atom is -0.198 e. The summed E-state index contributed by atoms with van der Waals surface area (Å²) >= 11 is 0. The van der Waals surface area contributed by atoms with Crippen molar-refractivity contribution in [2.24, 2.45) is 23.2 Å². The highest BCUT2D eigenvalue weighted by molar-refractivity contribution is 5.02. The molecule has 25 heavy (non-hydrogen) atoms. The first kappa shape index (κ1) is 20.8. The van der Waals surface area contributed by atoms with Crippen molar-refractivity contribution in [2.45, 2.75) is 123 Å². The van der Waals surface area contributed by atoms with Gasteiger partial charge in [0.15, 0.2) is 0 Å². The van der Waals surface area contributed by atoms with E-state index in [2.05, 4.69) is 19.9 Å². The maximum absolute atomic E-state index is 9.74. The van der Waals surface area contributed by atoms with E-state index in [0.717, 1.165) is 24.2 Å². The zero-order chi connectivity index (χ0) is 18.0. The minimum atomic E-state index is 0.0438. The first-order valence-corrected chi connectivity index (χ1v) is 11.6. The molecule has 2 fully saturated rings. The van der Waals surface area contributed by atoms with Crippen molar-refractivity contribution in [1.29, 1.82) is 5.26 Å². The summed E-state index contributed by atoms with van der Waals surface area (Å²) in [6, 6.07) is 2.74. The van der Waals surface area contributed by atoms with Gasteiger partial charge in [-0.3, -0.25) is 0 Å². The van der Waals surface area contributed by atoms with E-state index in [0.29, 0.717) is 0 Å². The highest BCUT2D eigenvalue weighted by Crippen LogP contribution is 2.47. The Hall–Kier alpha value is -0.510. The fourth-order valence-corrected chi connectivity index (χ4v) is 5.60. The number of unbranched alkanes of at least 4 members (excludes halogenated alkanes) is 5. The normalized spacial score (nSPS) is 33.1. The Labute approximate surface area is 158 Å². The van der Waals surface area contributed by atoms with Crippen LogP contribution in [-0.4, -0.2) is 0 Å². The van der Waals surface area contributed by atoms with Gasteiger partial charge < -0.3 is 0 Å². The molecule has 0 aliphatic heterocycles. The molecule has 0 amide bonds. The molecule has 2 aliphatic rings. The van der Waals surface area contributed by atoms with Crippen LogP contribution in [0.25, 0.3) is 0 Å². The molecule has 2 rings (SSSR count). The van der Waals surface area contributed by atoms with Gasteiger partial charge in [-0.1, -0.05) is 78.1 Å². The van der Waals surface area contributed by atoms with Crippen molar-refractivity contribution >= 4 is 0 Å². The molecule has 0 heterocycles. The third-order valence-corrected chi connectivity index (χ3v) is 7.51. The molecule has 0 aromatic heterocycles. The Morgan fingerprint density at radius 1 is 0.760 bits per heavy atom. The standard InChI is InChI=1S/C24H43N/c1-3-5-7-8-10-21-11-13-22(14-12-21)23-15-18-24(20-25,19-16-23)17-9-6-4-2/h21-23H,3-19H2,1-2H3/t21?,22?,23-,24+. The zero-order valence-corrected chi connectivity index (χ0v) is 17.2. The Balaban J connectivity index is 1.67. The average Bonchev–Trinajstić information content (AvgIpc) is 2.67. The quantitative estimate of drug-likeness (QED) is 0.367. The van der Waals surface area contributed by atoms with Gasteiger partial charge in [-0.25, -0.2) is 0 Å². The third kappa shape index (κ3) is 6.62. The highest BCUT2D eigenvalue weighted by Gasteiger charge is 2.38. The highest BCUT2D eigenvalue weighted by atomic mass is 14.4. The van der Waals surface area contributed by atoms with E-state index in [1.165, 1.54) is 103 Å². The molecule has 0 bridgehead atoms. The molecular formula is C24H43N. The summed E-state index contributed by atoms with van der Waals surface area (Å²) in [5.74, 6) is 2.96. The molecule has 0 unspecified atom stereocenters. The van der Waals surface area contributed by atoms with Crippen molar-refractivity contribution in [3.05, 3.63) is 0 Å². The van der Waals surface area contributed by atoms with Crippen LogP contribution in [0.5, 0.6) is 0 Å². The van der Waals surface area contributed by atoms with Crippen LogP contribution in [0.4, 0.5) is 0 Å². The molecule has 0 saturated heterocycles. The molecule has 144 valence electrons. The predicted molar refractivity (Wildman–Crippen MR) is 108 cm³/mol. The lowest BCUT2D eigenvalue weighted by Gasteiger charge is -2.41. The summed E-state index contributed by atoms with van der Waals surface area (Å²) in [6.07, 6.45) is 23.2. The van der Waals surface area contributed by atoms with Crippen LogP contribution in [-0.2, 0) is 0 Å². The van der Waals surface area contributed by atoms with Gasteiger partial charge in [-0.15, -0.1) is 0 Å². The Bertz CT molecular complexity index is 377. The van der Waals surface area contributed by atoms with E-state index in [1.54, 1.807) is 0 Å². The molecule has 1 heteroatoms. The van der Waals surface area contributed by atoms with Gasteiger partial charge in [0, 0.05) is 0 Å². The average molecular weight is 346 g/mol. The smallest absolute Gasteiger partial charge is 0.0689 e. The van der Waals surface area contributed by atoms with Crippen molar-refractivity contribution in [2.75, 3.05) is 0 Å². The number of hydrogen-bond acceptors (Lipinski definition) is 1. The monoisotopic (exact) mass is 345 g/mol. The molecule has 2 saturated carbocycles. The Kier molecular flexibility index (Phi) is 9.36. The van der Waals surface area contributed by atoms with Crippen molar-refractivity contribution in [1.82, 2.24) is 0 Å². The fraction of sp³-hybridized carbons (Fsp3) is 0.958. The van der Waals surface area contributed by atoms with Crippen LogP contribution in [0.3, 0.4) is 0 Å². The minimum absolute atomic E-state index is 0.0438. The summed E-state index contributed by atoms with van der Waals surface area (Å²) in [5.41, 5.74) is 0.0438. The van der Waals surface area contributed by atoms with Crippen LogP contribution < -0.4 is 0 Å². The summed E-state index contributed by atoms with van der Waals surface area (Å²) < 4.78 is 0. The summed E-state index contributed by atoms with van der Waals surface area (Å²) in [5, 5.41) is 9.74. The fourth-order valence-electron chi connectivity index (χ4n) is 5.60. The largest absolute Gasteiger partial charge is 0.198 e. The molecule has 0 aromatic carbocycles. The number of hydrogen-bond donors (Lipinski definition) is 0. The number of nitriles is 1. The summed E-state index contributed by atoms with van der Waals surface area (Å²) in [7, 11) is 0. The van der Waals surface area contributed by atoms with Crippen LogP contribution in [0.1, 0.15) is 123 Å². The van der Waals surface area contributed by atoms with Crippen LogP contribution in [0.15, 0.2) is 0 Å². The van der Waals surface area contributed by atoms with Gasteiger partial charge in [0.05, 0.1) is 11.5 Å².